The van der Waals surface area contributed by atoms with Crippen molar-refractivity contribution in [2.24, 2.45) is 0 Å². The monoisotopic (exact) mass is 466 g/mol. The normalized spacial score (nSPS) is 10.4. The third-order valence-electron chi connectivity index (χ3n) is 5.33. The molecule has 4 aromatic rings. The summed E-state index contributed by atoms with van der Waals surface area (Å²) in [6.45, 7) is 0.584. The maximum atomic E-state index is 12.7. The number of aryl methyl sites for hydroxylation is 1. The van der Waals surface area contributed by atoms with Crippen LogP contribution in [0.25, 0.3) is 11.1 Å². The lowest BCUT2D eigenvalue weighted by Gasteiger charge is -2.14. The fourth-order valence-electron chi connectivity index (χ4n) is 3.57. The van der Waals surface area contributed by atoms with Gasteiger partial charge in [0.25, 0.3) is 5.91 Å². The van der Waals surface area contributed by atoms with Gasteiger partial charge in [0.1, 0.15) is 5.75 Å². The molecule has 0 atom stereocenters. The topological polar surface area (TPSA) is 50.4 Å². The van der Waals surface area contributed by atoms with Crippen LogP contribution in [0.2, 0.25) is 0 Å². The van der Waals surface area contributed by atoms with Crippen LogP contribution in [0.4, 0.5) is 5.69 Å². The van der Waals surface area contributed by atoms with Gasteiger partial charge >= 0.3 is 0 Å². The van der Waals surface area contributed by atoms with Crippen LogP contribution in [0.1, 0.15) is 22.3 Å². The molecule has 0 bridgehead atoms. The Morgan fingerprint density at radius 2 is 1.35 bits per heavy atom. The quantitative estimate of drug-likeness (QED) is 0.230. The fraction of sp³-hybridized carbons (Fsp3) is 0.103. The summed E-state index contributed by atoms with van der Waals surface area (Å²) in [7, 11) is 0. The number of carbonyl (C=O) groups excluding carboxylic acids is 1. The van der Waals surface area contributed by atoms with E-state index in [1.165, 1.54) is 5.56 Å². The molecule has 0 saturated carbocycles. The number of hydrogen-bond acceptors (Lipinski definition) is 3. The summed E-state index contributed by atoms with van der Waals surface area (Å²) >= 11 is 5.37. The molecule has 0 saturated heterocycles. The Labute approximate surface area is 205 Å². The minimum Gasteiger partial charge on any atom is -0.491 e. The Morgan fingerprint density at radius 1 is 0.735 bits per heavy atom. The molecule has 5 heteroatoms. The van der Waals surface area contributed by atoms with E-state index < -0.39 is 0 Å². The zero-order valence-electron chi connectivity index (χ0n) is 18.7. The van der Waals surface area contributed by atoms with Crippen molar-refractivity contribution < 1.29 is 9.53 Å². The summed E-state index contributed by atoms with van der Waals surface area (Å²) in [6, 6.07) is 35.4. The fourth-order valence-corrected chi connectivity index (χ4v) is 3.78. The second-order valence-corrected chi connectivity index (χ2v) is 8.19. The number of anilines is 1. The van der Waals surface area contributed by atoms with Crippen molar-refractivity contribution in [3.8, 4) is 16.9 Å². The van der Waals surface area contributed by atoms with Gasteiger partial charge in [-0.3, -0.25) is 10.1 Å². The number of carbonyl (C=O) groups is 1. The van der Waals surface area contributed by atoms with Gasteiger partial charge in [0.2, 0.25) is 0 Å². The van der Waals surface area contributed by atoms with Gasteiger partial charge in [0.05, 0.1) is 12.3 Å². The summed E-state index contributed by atoms with van der Waals surface area (Å²) in [5, 5.41) is 6.05. The van der Waals surface area contributed by atoms with Gasteiger partial charge in [-0.2, -0.15) is 0 Å². The van der Waals surface area contributed by atoms with Crippen molar-refractivity contribution in [3.05, 3.63) is 120 Å². The minimum atomic E-state index is -0.265. The molecule has 4 aromatic carbocycles. The van der Waals surface area contributed by atoms with Gasteiger partial charge < -0.3 is 10.1 Å². The van der Waals surface area contributed by atoms with Crippen LogP contribution >= 0.6 is 12.2 Å². The minimum absolute atomic E-state index is 0.220. The largest absolute Gasteiger partial charge is 0.491 e. The molecule has 0 unspecified atom stereocenters. The maximum Gasteiger partial charge on any atom is 0.257 e. The number of rotatable bonds is 8. The second kappa shape index (κ2) is 11.8. The van der Waals surface area contributed by atoms with Crippen LogP contribution in [0.15, 0.2) is 109 Å². The Bertz CT molecular complexity index is 1230. The van der Waals surface area contributed by atoms with Crippen molar-refractivity contribution in [3.63, 3.8) is 0 Å². The molecular weight excluding hydrogens is 440 g/mol. The molecular formula is C29H26N2O2S. The molecule has 0 aromatic heterocycles. The highest BCUT2D eigenvalue weighted by atomic mass is 32.1. The highest BCUT2D eigenvalue weighted by Gasteiger charge is 2.10. The average molecular weight is 467 g/mol. The van der Waals surface area contributed by atoms with Crippen molar-refractivity contribution in [2.75, 3.05) is 11.9 Å². The van der Waals surface area contributed by atoms with Gasteiger partial charge in [0.15, 0.2) is 5.11 Å². The Morgan fingerprint density at radius 3 is 2.09 bits per heavy atom. The van der Waals surface area contributed by atoms with Crippen molar-refractivity contribution in [1.29, 1.82) is 0 Å². The van der Waals surface area contributed by atoms with E-state index in [0.717, 1.165) is 24.0 Å². The Hall–Kier alpha value is -3.96. The second-order valence-electron chi connectivity index (χ2n) is 7.79. The number of nitrogens with one attached hydrogen (secondary N) is 2. The Kier molecular flexibility index (Phi) is 8.04. The first kappa shape index (κ1) is 23.2. The molecule has 4 nitrogen and oxygen atoms in total. The molecule has 0 aliphatic carbocycles. The summed E-state index contributed by atoms with van der Waals surface area (Å²) in [6.07, 6.45) is 1.85. The summed E-state index contributed by atoms with van der Waals surface area (Å²) in [5.41, 5.74) is 4.70. The van der Waals surface area contributed by atoms with Gasteiger partial charge in [-0.05, 0) is 66.0 Å². The van der Waals surface area contributed by atoms with Crippen LogP contribution in [-0.4, -0.2) is 17.6 Å². The molecule has 0 radical (unpaired) electrons. The SMILES string of the molecule is O=C(NC(=S)Nc1ccccc1OCCCc1ccccc1)c1ccc(-c2ccccc2)cc1. The zero-order valence-corrected chi connectivity index (χ0v) is 19.6. The van der Waals surface area contributed by atoms with Gasteiger partial charge in [-0.15, -0.1) is 0 Å². The van der Waals surface area contributed by atoms with E-state index in [1.54, 1.807) is 12.1 Å². The Balaban J connectivity index is 1.30. The third-order valence-corrected chi connectivity index (χ3v) is 5.53. The van der Waals surface area contributed by atoms with E-state index in [0.29, 0.717) is 23.6 Å². The molecule has 0 aliphatic rings. The standard InChI is InChI=1S/C29H26N2O2S/c32-28(25-19-17-24(18-20-25)23-13-5-2-6-14-23)31-29(34)30-26-15-7-8-16-27(26)33-21-9-12-22-10-3-1-4-11-22/h1-8,10-11,13-20H,9,12,21H2,(H2,30,31,32,34). The van der Waals surface area contributed by atoms with Crippen LogP contribution in [0.3, 0.4) is 0 Å². The molecule has 0 aliphatic heterocycles. The number of ether oxygens (including phenoxy) is 1. The number of thiocarbonyl (C=S) groups is 1. The van der Waals surface area contributed by atoms with E-state index in [9.17, 15) is 4.79 Å². The first-order chi connectivity index (χ1) is 16.7. The lowest BCUT2D eigenvalue weighted by atomic mass is 10.0. The number of para-hydroxylation sites is 2. The van der Waals surface area contributed by atoms with Gasteiger partial charge in [-0.1, -0.05) is 84.9 Å². The smallest absolute Gasteiger partial charge is 0.257 e. The van der Waals surface area contributed by atoms with Crippen molar-refractivity contribution in [1.82, 2.24) is 5.32 Å². The predicted molar refractivity (Wildman–Crippen MR) is 142 cm³/mol. The molecule has 4 rings (SSSR count). The highest BCUT2D eigenvalue weighted by Crippen LogP contribution is 2.24. The summed E-state index contributed by atoms with van der Waals surface area (Å²) in [5.74, 6) is 0.428. The number of amides is 1. The molecule has 0 spiro atoms. The predicted octanol–water partition coefficient (Wildman–Crippen LogP) is 6.49. The number of benzene rings is 4. The molecule has 170 valence electrons. The van der Waals surface area contributed by atoms with E-state index in [-0.39, 0.29) is 11.0 Å². The van der Waals surface area contributed by atoms with E-state index in [2.05, 4.69) is 22.8 Å². The third kappa shape index (κ3) is 6.53. The molecule has 2 N–H and O–H groups in total. The lowest BCUT2D eigenvalue weighted by Crippen LogP contribution is -2.34. The van der Waals surface area contributed by atoms with E-state index in [4.69, 9.17) is 17.0 Å². The van der Waals surface area contributed by atoms with Crippen LogP contribution < -0.4 is 15.4 Å². The molecule has 34 heavy (non-hydrogen) atoms. The van der Waals surface area contributed by atoms with Crippen LogP contribution in [-0.2, 0) is 6.42 Å². The molecule has 0 fully saturated rings. The summed E-state index contributed by atoms with van der Waals surface area (Å²) in [4.78, 5) is 12.7. The zero-order chi connectivity index (χ0) is 23.6. The average Bonchev–Trinajstić information content (AvgIpc) is 2.88. The molecule has 1 amide bonds. The van der Waals surface area contributed by atoms with Gasteiger partial charge in [-0.25, -0.2) is 0 Å². The lowest BCUT2D eigenvalue weighted by molar-refractivity contribution is 0.0977. The van der Waals surface area contributed by atoms with Crippen LogP contribution in [0, 0.1) is 0 Å². The number of hydrogen-bond donors (Lipinski definition) is 2. The van der Waals surface area contributed by atoms with E-state index >= 15 is 0 Å². The first-order valence-electron chi connectivity index (χ1n) is 11.2. The van der Waals surface area contributed by atoms with Crippen molar-refractivity contribution in [2.45, 2.75) is 12.8 Å². The van der Waals surface area contributed by atoms with Crippen LogP contribution in [0.5, 0.6) is 5.75 Å². The molecule has 0 heterocycles. The highest BCUT2D eigenvalue weighted by molar-refractivity contribution is 7.80. The van der Waals surface area contributed by atoms with Gasteiger partial charge in [0, 0.05) is 5.56 Å². The first-order valence-corrected chi connectivity index (χ1v) is 11.6. The maximum absolute atomic E-state index is 12.7. The summed E-state index contributed by atoms with van der Waals surface area (Å²) < 4.78 is 5.97. The van der Waals surface area contributed by atoms with E-state index in [1.807, 2.05) is 84.9 Å². The van der Waals surface area contributed by atoms with Crippen molar-refractivity contribution >= 4 is 28.9 Å².